The molecule has 23 heavy (non-hydrogen) atoms. The molecule has 0 unspecified atom stereocenters. The van der Waals surface area contributed by atoms with Crippen molar-refractivity contribution in [2.45, 2.75) is 44.6 Å². The van der Waals surface area contributed by atoms with E-state index >= 15 is 0 Å². The highest BCUT2D eigenvalue weighted by Crippen LogP contribution is 2.54. The smallest absolute Gasteiger partial charge is 0.252 e. The van der Waals surface area contributed by atoms with Crippen LogP contribution in [0.15, 0.2) is 12.3 Å². The van der Waals surface area contributed by atoms with E-state index in [1.54, 1.807) is 6.20 Å². The number of nitrogens with zero attached hydrogens (tertiary/aromatic N) is 1. The van der Waals surface area contributed by atoms with Crippen molar-refractivity contribution in [3.63, 3.8) is 0 Å². The number of hydrogen-bond donors (Lipinski definition) is 2. The van der Waals surface area contributed by atoms with Crippen LogP contribution in [0.4, 0.5) is 5.69 Å². The van der Waals surface area contributed by atoms with Crippen LogP contribution >= 0.6 is 0 Å². The molecule has 3 N–H and O–H groups in total. The summed E-state index contributed by atoms with van der Waals surface area (Å²) in [6, 6.07) is 0.501. The van der Waals surface area contributed by atoms with Gasteiger partial charge >= 0.3 is 0 Å². The van der Waals surface area contributed by atoms with Crippen molar-refractivity contribution >= 4 is 17.7 Å². The first-order valence-electron chi connectivity index (χ1n) is 8.93. The Morgan fingerprint density at radius 2 is 1.83 bits per heavy atom. The molecule has 0 aliphatic heterocycles. The molecule has 1 heterocycles. The number of fused-ring (bicyclic) bond motifs is 1. The highest BCUT2D eigenvalue weighted by Gasteiger charge is 2.48. The lowest BCUT2D eigenvalue weighted by Crippen LogP contribution is -2.51. The lowest BCUT2D eigenvalue weighted by molar-refractivity contribution is 0.00750. The second kappa shape index (κ2) is 4.83. The summed E-state index contributed by atoms with van der Waals surface area (Å²) < 4.78 is 0. The van der Waals surface area contributed by atoms with Gasteiger partial charge in [-0.15, -0.1) is 0 Å². The van der Waals surface area contributed by atoms with E-state index in [0.717, 1.165) is 47.0 Å². The van der Waals surface area contributed by atoms with E-state index < -0.39 is 0 Å². The number of pyridine rings is 1. The number of rotatable bonds is 3. The molecule has 5 aliphatic carbocycles. The van der Waals surface area contributed by atoms with E-state index in [2.05, 4.69) is 22.5 Å². The summed E-state index contributed by atoms with van der Waals surface area (Å²) in [6.45, 7) is 0. The summed E-state index contributed by atoms with van der Waals surface area (Å²) in [5.74, 6) is 3.05. The standard InChI is InChI=1S/C19H23N3O/c20-19(23)15-9-21-16-3-1-2-14(16)18(15)22-17-12-5-10-4-11(7-12)8-13(17)6-10/h1-2,9-13,17H,3-8H2,(H2,20,23)(H,21,22). The molecule has 4 saturated carbocycles. The minimum atomic E-state index is -0.382. The van der Waals surface area contributed by atoms with E-state index in [0.29, 0.717) is 11.6 Å². The van der Waals surface area contributed by atoms with Gasteiger partial charge in [0.2, 0.25) is 0 Å². The number of allylic oxidation sites excluding steroid dienone is 1. The molecule has 6 rings (SSSR count). The molecule has 4 heteroatoms. The van der Waals surface area contributed by atoms with E-state index in [1.807, 2.05) is 0 Å². The molecule has 0 saturated heterocycles. The predicted molar refractivity (Wildman–Crippen MR) is 89.9 cm³/mol. The molecule has 4 bridgehead atoms. The fourth-order valence-corrected chi connectivity index (χ4v) is 5.87. The van der Waals surface area contributed by atoms with Crippen molar-refractivity contribution in [3.05, 3.63) is 29.1 Å². The Balaban J connectivity index is 1.52. The maximum atomic E-state index is 11.9. The Kier molecular flexibility index (Phi) is 2.85. The van der Waals surface area contributed by atoms with Crippen molar-refractivity contribution in [2.75, 3.05) is 5.32 Å². The molecule has 4 fully saturated rings. The van der Waals surface area contributed by atoms with Gasteiger partial charge in [-0.3, -0.25) is 9.78 Å². The van der Waals surface area contributed by atoms with Crippen LogP contribution in [0.25, 0.3) is 6.08 Å². The molecule has 0 spiro atoms. The fraction of sp³-hybridized carbons (Fsp3) is 0.579. The first-order valence-corrected chi connectivity index (χ1v) is 8.93. The highest BCUT2D eigenvalue weighted by molar-refractivity contribution is 6.00. The third kappa shape index (κ3) is 2.03. The minimum absolute atomic E-state index is 0.382. The predicted octanol–water partition coefficient (Wildman–Crippen LogP) is 2.99. The number of nitrogens with one attached hydrogen (secondary N) is 1. The maximum Gasteiger partial charge on any atom is 0.252 e. The van der Waals surface area contributed by atoms with Crippen LogP contribution in [0.3, 0.4) is 0 Å². The summed E-state index contributed by atoms with van der Waals surface area (Å²) in [5, 5.41) is 3.78. The average Bonchev–Trinajstić information content (AvgIpc) is 2.98. The fourth-order valence-electron chi connectivity index (χ4n) is 5.87. The number of hydrogen-bond acceptors (Lipinski definition) is 3. The van der Waals surface area contributed by atoms with Crippen molar-refractivity contribution in [1.29, 1.82) is 0 Å². The van der Waals surface area contributed by atoms with Crippen LogP contribution in [0.2, 0.25) is 0 Å². The maximum absolute atomic E-state index is 11.9. The summed E-state index contributed by atoms with van der Waals surface area (Å²) in [7, 11) is 0. The summed E-state index contributed by atoms with van der Waals surface area (Å²) in [4.78, 5) is 16.3. The topological polar surface area (TPSA) is 68.0 Å². The van der Waals surface area contributed by atoms with Crippen molar-refractivity contribution in [3.8, 4) is 0 Å². The minimum Gasteiger partial charge on any atom is -0.381 e. The molecule has 0 radical (unpaired) electrons. The summed E-state index contributed by atoms with van der Waals surface area (Å²) >= 11 is 0. The normalized spacial score (nSPS) is 36.3. The number of aromatic nitrogens is 1. The zero-order valence-corrected chi connectivity index (χ0v) is 13.3. The average molecular weight is 309 g/mol. The van der Waals surface area contributed by atoms with Crippen LogP contribution < -0.4 is 11.1 Å². The van der Waals surface area contributed by atoms with Gasteiger partial charge in [0.1, 0.15) is 0 Å². The van der Waals surface area contributed by atoms with Gasteiger partial charge in [-0.25, -0.2) is 0 Å². The molecule has 0 atom stereocenters. The number of primary amides is 1. The van der Waals surface area contributed by atoms with Gasteiger partial charge in [-0.1, -0.05) is 12.2 Å². The van der Waals surface area contributed by atoms with Crippen LogP contribution in [-0.2, 0) is 6.42 Å². The van der Waals surface area contributed by atoms with Crippen LogP contribution in [0.1, 0.15) is 53.7 Å². The molecular formula is C19H23N3O. The first kappa shape index (κ1) is 13.6. The van der Waals surface area contributed by atoms with E-state index in [-0.39, 0.29) is 5.91 Å². The molecule has 5 aliphatic rings. The van der Waals surface area contributed by atoms with Gasteiger partial charge in [0.05, 0.1) is 16.9 Å². The van der Waals surface area contributed by atoms with Gasteiger partial charge in [0.15, 0.2) is 0 Å². The lowest BCUT2D eigenvalue weighted by Gasteiger charge is -2.54. The van der Waals surface area contributed by atoms with Crippen LogP contribution in [-0.4, -0.2) is 16.9 Å². The van der Waals surface area contributed by atoms with Crippen molar-refractivity contribution in [2.24, 2.45) is 29.4 Å². The van der Waals surface area contributed by atoms with E-state index in [1.165, 1.54) is 32.1 Å². The quantitative estimate of drug-likeness (QED) is 0.902. The Bertz CT molecular complexity index is 681. The molecule has 4 nitrogen and oxygen atoms in total. The zero-order chi connectivity index (χ0) is 15.6. The number of anilines is 1. The largest absolute Gasteiger partial charge is 0.381 e. The number of carbonyl (C=O) groups is 1. The lowest BCUT2D eigenvalue weighted by atomic mass is 9.54. The Morgan fingerprint density at radius 3 is 2.48 bits per heavy atom. The molecule has 1 amide bonds. The SMILES string of the molecule is NC(=O)c1cnc2c(c1NC1C3CC4CC(C3)CC1C4)C=CC2. The zero-order valence-electron chi connectivity index (χ0n) is 13.3. The second-order valence-electron chi connectivity index (χ2n) is 7.98. The summed E-state index contributed by atoms with van der Waals surface area (Å²) in [6.07, 6.45) is 13.6. The van der Waals surface area contributed by atoms with Gasteiger partial charge in [-0.2, -0.15) is 0 Å². The van der Waals surface area contributed by atoms with Crippen LogP contribution in [0, 0.1) is 23.7 Å². The van der Waals surface area contributed by atoms with Crippen LogP contribution in [0.5, 0.6) is 0 Å². The van der Waals surface area contributed by atoms with E-state index in [4.69, 9.17) is 5.73 Å². The molecule has 1 aromatic rings. The Labute approximate surface area is 136 Å². The number of amides is 1. The van der Waals surface area contributed by atoms with Gasteiger partial charge in [0, 0.05) is 24.2 Å². The molecule has 0 aromatic carbocycles. The molecule has 1 aromatic heterocycles. The van der Waals surface area contributed by atoms with Gasteiger partial charge < -0.3 is 11.1 Å². The molecule has 120 valence electrons. The third-order valence-electron chi connectivity index (χ3n) is 6.60. The first-order chi connectivity index (χ1) is 11.2. The van der Waals surface area contributed by atoms with Gasteiger partial charge in [0.25, 0.3) is 5.91 Å². The molecular weight excluding hydrogens is 286 g/mol. The van der Waals surface area contributed by atoms with Crippen molar-refractivity contribution < 1.29 is 4.79 Å². The Morgan fingerprint density at radius 1 is 1.13 bits per heavy atom. The number of carbonyl (C=O) groups excluding carboxylic acids is 1. The van der Waals surface area contributed by atoms with E-state index in [9.17, 15) is 4.79 Å². The summed E-state index contributed by atoms with van der Waals surface area (Å²) in [5.41, 5.74) is 9.24. The van der Waals surface area contributed by atoms with Gasteiger partial charge in [-0.05, 0) is 55.8 Å². The Hall–Kier alpha value is -1.84. The monoisotopic (exact) mass is 309 g/mol. The number of nitrogens with two attached hydrogens (primary N) is 1. The highest BCUT2D eigenvalue weighted by atomic mass is 16.1. The second-order valence-corrected chi connectivity index (χ2v) is 7.98. The van der Waals surface area contributed by atoms with Crippen molar-refractivity contribution in [1.82, 2.24) is 4.98 Å². The third-order valence-corrected chi connectivity index (χ3v) is 6.60.